The third-order valence-electron chi connectivity index (χ3n) is 4.55. The van der Waals surface area contributed by atoms with Gasteiger partial charge in [-0.15, -0.1) is 0 Å². The van der Waals surface area contributed by atoms with E-state index in [1.807, 2.05) is 12.1 Å². The van der Waals surface area contributed by atoms with E-state index >= 15 is 0 Å². The standard InChI is InChI=1S/C19H26N4/c1-22-7-9-23(10-8-22)14-17-4-2-3-15(12-17)11-16-5-6-18(20)19(21)13-16/h2-6,12-13H,7-11,14,20-21H2,1H3. The van der Waals surface area contributed by atoms with Gasteiger partial charge in [0.2, 0.25) is 0 Å². The van der Waals surface area contributed by atoms with Gasteiger partial charge in [-0.05, 0) is 42.3 Å². The second-order valence-electron chi connectivity index (χ2n) is 6.54. The second-order valence-corrected chi connectivity index (χ2v) is 6.54. The number of nitrogen functional groups attached to an aromatic ring is 2. The summed E-state index contributed by atoms with van der Waals surface area (Å²) < 4.78 is 0. The predicted octanol–water partition coefficient (Wildman–Crippen LogP) is 2.19. The Balaban J connectivity index is 1.66. The molecule has 1 fully saturated rings. The second kappa shape index (κ2) is 7.02. The average molecular weight is 310 g/mol. The molecular formula is C19H26N4. The SMILES string of the molecule is CN1CCN(Cc2cccc(Cc3ccc(N)c(N)c3)c2)CC1. The van der Waals surface area contributed by atoms with E-state index in [4.69, 9.17) is 11.5 Å². The average Bonchev–Trinajstić information content (AvgIpc) is 2.54. The molecule has 0 saturated carbocycles. The van der Waals surface area contributed by atoms with Gasteiger partial charge in [-0.2, -0.15) is 0 Å². The molecule has 1 aliphatic rings. The van der Waals surface area contributed by atoms with Crippen molar-refractivity contribution < 1.29 is 0 Å². The zero-order chi connectivity index (χ0) is 16.2. The van der Waals surface area contributed by atoms with Crippen LogP contribution >= 0.6 is 0 Å². The molecule has 0 aliphatic carbocycles. The van der Waals surface area contributed by atoms with Crippen LogP contribution in [0.1, 0.15) is 16.7 Å². The fourth-order valence-electron chi connectivity index (χ4n) is 3.07. The highest BCUT2D eigenvalue weighted by atomic mass is 15.2. The first kappa shape index (κ1) is 15.8. The molecule has 0 amide bonds. The number of hydrogen-bond donors (Lipinski definition) is 2. The minimum absolute atomic E-state index is 0.651. The van der Waals surface area contributed by atoms with Gasteiger partial charge >= 0.3 is 0 Å². The molecule has 4 heteroatoms. The van der Waals surface area contributed by atoms with Crippen molar-refractivity contribution in [2.24, 2.45) is 0 Å². The summed E-state index contributed by atoms with van der Waals surface area (Å²) in [5, 5.41) is 0. The van der Waals surface area contributed by atoms with E-state index < -0.39 is 0 Å². The van der Waals surface area contributed by atoms with Crippen molar-refractivity contribution in [2.75, 3.05) is 44.7 Å². The van der Waals surface area contributed by atoms with Gasteiger partial charge in [0.1, 0.15) is 0 Å². The van der Waals surface area contributed by atoms with Crippen molar-refractivity contribution in [3.05, 3.63) is 59.2 Å². The molecule has 0 atom stereocenters. The smallest absolute Gasteiger partial charge is 0.0550 e. The molecule has 2 aromatic rings. The fourth-order valence-corrected chi connectivity index (χ4v) is 3.07. The van der Waals surface area contributed by atoms with Crippen LogP contribution < -0.4 is 11.5 Å². The van der Waals surface area contributed by atoms with Crippen LogP contribution in [0.2, 0.25) is 0 Å². The monoisotopic (exact) mass is 310 g/mol. The Morgan fingerprint density at radius 3 is 2.26 bits per heavy atom. The lowest BCUT2D eigenvalue weighted by molar-refractivity contribution is 0.148. The van der Waals surface area contributed by atoms with Crippen LogP contribution in [-0.4, -0.2) is 43.0 Å². The Hall–Kier alpha value is -2.04. The van der Waals surface area contributed by atoms with Crippen molar-refractivity contribution in [1.29, 1.82) is 0 Å². The van der Waals surface area contributed by atoms with E-state index in [1.54, 1.807) is 0 Å². The summed E-state index contributed by atoms with van der Waals surface area (Å²) >= 11 is 0. The molecule has 2 aromatic carbocycles. The molecule has 0 unspecified atom stereocenters. The minimum Gasteiger partial charge on any atom is -0.397 e. The minimum atomic E-state index is 0.651. The van der Waals surface area contributed by atoms with Gasteiger partial charge in [-0.25, -0.2) is 0 Å². The summed E-state index contributed by atoms with van der Waals surface area (Å²) in [7, 11) is 2.19. The van der Waals surface area contributed by atoms with E-state index in [1.165, 1.54) is 16.7 Å². The maximum Gasteiger partial charge on any atom is 0.0550 e. The molecule has 3 rings (SSSR count). The highest BCUT2D eigenvalue weighted by Crippen LogP contribution is 2.19. The number of hydrogen-bond acceptors (Lipinski definition) is 4. The first-order chi connectivity index (χ1) is 11.1. The summed E-state index contributed by atoms with van der Waals surface area (Å²) in [5.74, 6) is 0. The van der Waals surface area contributed by atoms with Gasteiger partial charge in [0.25, 0.3) is 0 Å². The Morgan fingerprint density at radius 2 is 1.52 bits per heavy atom. The quantitative estimate of drug-likeness (QED) is 0.850. The third-order valence-corrected chi connectivity index (χ3v) is 4.55. The zero-order valence-corrected chi connectivity index (χ0v) is 13.8. The normalized spacial score (nSPS) is 16.6. The van der Waals surface area contributed by atoms with Crippen LogP contribution in [0.25, 0.3) is 0 Å². The lowest BCUT2D eigenvalue weighted by Gasteiger charge is -2.32. The van der Waals surface area contributed by atoms with Crippen molar-refractivity contribution >= 4 is 11.4 Å². The van der Waals surface area contributed by atoms with Crippen LogP contribution in [0.5, 0.6) is 0 Å². The van der Waals surface area contributed by atoms with Gasteiger partial charge in [0, 0.05) is 32.7 Å². The molecule has 0 bridgehead atoms. The Kier molecular flexibility index (Phi) is 4.84. The molecule has 1 saturated heterocycles. The largest absolute Gasteiger partial charge is 0.397 e. The van der Waals surface area contributed by atoms with Crippen molar-refractivity contribution in [1.82, 2.24) is 9.80 Å². The predicted molar refractivity (Wildman–Crippen MR) is 97.3 cm³/mol. The first-order valence-corrected chi connectivity index (χ1v) is 8.23. The molecule has 4 N–H and O–H groups in total. The summed E-state index contributed by atoms with van der Waals surface area (Å²) in [5.41, 5.74) is 16.9. The molecular weight excluding hydrogens is 284 g/mol. The number of rotatable bonds is 4. The van der Waals surface area contributed by atoms with E-state index in [2.05, 4.69) is 47.2 Å². The maximum absolute atomic E-state index is 5.90. The molecule has 23 heavy (non-hydrogen) atoms. The van der Waals surface area contributed by atoms with Crippen LogP contribution in [0, 0.1) is 0 Å². The highest BCUT2D eigenvalue weighted by Gasteiger charge is 2.13. The molecule has 1 heterocycles. The summed E-state index contributed by atoms with van der Waals surface area (Å²) in [6.07, 6.45) is 0.890. The van der Waals surface area contributed by atoms with Crippen LogP contribution in [0.3, 0.4) is 0 Å². The summed E-state index contributed by atoms with van der Waals surface area (Å²) in [6.45, 7) is 5.64. The van der Waals surface area contributed by atoms with Crippen molar-refractivity contribution in [2.45, 2.75) is 13.0 Å². The van der Waals surface area contributed by atoms with Crippen LogP contribution in [0.15, 0.2) is 42.5 Å². The van der Waals surface area contributed by atoms with E-state index in [0.717, 1.165) is 39.1 Å². The van der Waals surface area contributed by atoms with Crippen LogP contribution in [0.4, 0.5) is 11.4 Å². The Bertz CT molecular complexity index is 660. The van der Waals surface area contributed by atoms with E-state index in [0.29, 0.717) is 11.4 Å². The molecule has 0 aromatic heterocycles. The van der Waals surface area contributed by atoms with Crippen molar-refractivity contribution in [3.8, 4) is 0 Å². The van der Waals surface area contributed by atoms with Gasteiger partial charge in [-0.1, -0.05) is 30.3 Å². The Morgan fingerprint density at radius 1 is 0.826 bits per heavy atom. The zero-order valence-electron chi connectivity index (χ0n) is 13.8. The van der Waals surface area contributed by atoms with Crippen molar-refractivity contribution in [3.63, 3.8) is 0 Å². The topological polar surface area (TPSA) is 58.5 Å². The van der Waals surface area contributed by atoms with Gasteiger partial charge in [0.15, 0.2) is 0 Å². The maximum atomic E-state index is 5.90. The van der Waals surface area contributed by atoms with Crippen LogP contribution in [-0.2, 0) is 13.0 Å². The number of benzene rings is 2. The molecule has 0 spiro atoms. The lowest BCUT2D eigenvalue weighted by atomic mass is 10.0. The number of nitrogens with two attached hydrogens (primary N) is 2. The number of nitrogens with zero attached hydrogens (tertiary/aromatic N) is 2. The molecule has 1 aliphatic heterocycles. The number of anilines is 2. The fraction of sp³-hybridized carbons (Fsp3) is 0.368. The molecule has 4 nitrogen and oxygen atoms in total. The molecule has 122 valence electrons. The van der Waals surface area contributed by atoms with Gasteiger partial charge in [-0.3, -0.25) is 4.90 Å². The highest BCUT2D eigenvalue weighted by molar-refractivity contribution is 5.64. The summed E-state index contributed by atoms with van der Waals surface area (Å²) in [6, 6.07) is 14.8. The first-order valence-electron chi connectivity index (χ1n) is 8.23. The van der Waals surface area contributed by atoms with E-state index in [-0.39, 0.29) is 0 Å². The number of piperazine rings is 1. The number of likely N-dealkylation sites (N-methyl/N-ethyl adjacent to an activating group) is 1. The lowest BCUT2D eigenvalue weighted by Crippen LogP contribution is -2.43. The molecule has 0 radical (unpaired) electrons. The Labute approximate surface area is 138 Å². The van der Waals surface area contributed by atoms with Gasteiger partial charge in [0.05, 0.1) is 11.4 Å². The summed E-state index contributed by atoms with van der Waals surface area (Å²) in [4.78, 5) is 4.92. The van der Waals surface area contributed by atoms with Gasteiger partial charge < -0.3 is 16.4 Å². The van der Waals surface area contributed by atoms with E-state index in [9.17, 15) is 0 Å². The third kappa shape index (κ3) is 4.24.